The van der Waals surface area contributed by atoms with Crippen LogP contribution in [0.5, 0.6) is 5.88 Å². The van der Waals surface area contributed by atoms with Gasteiger partial charge in [0.1, 0.15) is 11.5 Å². The first-order valence-corrected chi connectivity index (χ1v) is 4.96. The number of nitrogen functional groups attached to an aromatic ring is 1. The number of hydrogen-bond acceptors (Lipinski definition) is 4. The highest BCUT2D eigenvalue weighted by Crippen LogP contribution is 2.09. The highest BCUT2D eigenvalue weighted by molar-refractivity contribution is 5.92. The number of amidine groups is 1. The summed E-state index contributed by atoms with van der Waals surface area (Å²) in [5, 5.41) is 7.15. The summed E-state index contributed by atoms with van der Waals surface area (Å²) in [6, 6.07) is 0. The maximum Gasteiger partial charge on any atom is 0.232 e. The van der Waals surface area contributed by atoms with Crippen LogP contribution >= 0.6 is 0 Å². The molecule has 0 amide bonds. The first-order valence-electron chi connectivity index (χ1n) is 4.96. The normalized spacial score (nSPS) is 12.1. The van der Waals surface area contributed by atoms with E-state index in [9.17, 15) is 0 Å². The first kappa shape index (κ1) is 11.4. The van der Waals surface area contributed by atoms with Crippen LogP contribution in [0.1, 0.15) is 32.4 Å². The Morgan fingerprint density at radius 3 is 2.73 bits per heavy atom. The van der Waals surface area contributed by atoms with Gasteiger partial charge < -0.3 is 10.5 Å². The van der Waals surface area contributed by atoms with Crippen molar-refractivity contribution in [3.8, 4) is 5.88 Å². The molecule has 1 aromatic heterocycles. The average molecular weight is 208 g/mol. The molecule has 15 heavy (non-hydrogen) atoms. The van der Waals surface area contributed by atoms with Crippen molar-refractivity contribution in [2.75, 3.05) is 0 Å². The minimum absolute atomic E-state index is 0.0874. The number of nitrogens with one attached hydrogen (secondary N) is 1. The Kier molecular flexibility index (Phi) is 4.03. The standard InChI is InChI=1S/C10H16N4O/c1-3-4-7(2)15-9-6-13-8(5-14-9)10(11)12/h5-7H,3-4H2,1-2H3,(H3,11,12). The quantitative estimate of drug-likeness (QED) is 0.564. The van der Waals surface area contributed by atoms with Crippen LogP contribution in [0.3, 0.4) is 0 Å². The smallest absolute Gasteiger partial charge is 0.232 e. The van der Waals surface area contributed by atoms with E-state index in [1.165, 1.54) is 12.4 Å². The summed E-state index contributed by atoms with van der Waals surface area (Å²) in [7, 11) is 0. The molecule has 5 nitrogen and oxygen atoms in total. The van der Waals surface area contributed by atoms with Crippen LogP contribution in [-0.4, -0.2) is 21.9 Å². The summed E-state index contributed by atoms with van der Waals surface area (Å²) in [6.07, 6.45) is 5.11. The highest BCUT2D eigenvalue weighted by atomic mass is 16.5. The molecular weight excluding hydrogens is 192 g/mol. The van der Waals surface area contributed by atoms with Gasteiger partial charge in [-0.25, -0.2) is 9.97 Å². The van der Waals surface area contributed by atoms with Crippen LogP contribution in [0.15, 0.2) is 12.4 Å². The lowest BCUT2D eigenvalue weighted by atomic mass is 10.2. The third-order valence-corrected chi connectivity index (χ3v) is 1.92. The minimum Gasteiger partial charge on any atom is -0.474 e. The summed E-state index contributed by atoms with van der Waals surface area (Å²) in [4.78, 5) is 7.97. The van der Waals surface area contributed by atoms with Crippen molar-refractivity contribution >= 4 is 5.84 Å². The Morgan fingerprint density at radius 1 is 1.53 bits per heavy atom. The second-order valence-corrected chi connectivity index (χ2v) is 3.37. The molecule has 0 aliphatic heterocycles. The zero-order chi connectivity index (χ0) is 11.3. The second-order valence-electron chi connectivity index (χ2n) is 3.37. The fraction of sp³-hybridized carbons (Fsp3) is 0.500. The molecule has 0 aliphatic carbocycles. The lowest BCUT2D eigenvalue weighted by molar-refractivity contribution is 0.200. The van der Waals surface area contributed by atoms with E-state index in [0.29, 0.717) is 11.6 Å². The van der Waals surface area contributed by atoms with E-state index >= 15 is 0 Å². The van der Waals surface area contributed by atoms with Crippen molar-refractivity contribution in [1.82, 2.24) is 9.97 Å². The third kappa shape index (κ3) is 3.53. The van der Waals surface area contributed by atoms with Gasteiger partial charge in [-0.15, -0.1) is 0 Å². The number of rotatable bonds is 5. The second kappa shape index (κ2) is 5.29. The molecule has 0 saturated carbocycles. The molecule has 0 aliphatic rings. The summed E-state index contributed by atoms with van der Waals surface area (Å²) < 4.78 is 5.50. The van der Waals surface area contributed by atoms with Gasteiger partial charge in [0.2, 0.25) is 5.88 Å². The highest BCUT2D eigenvalue weighted by Gasteiger charge is 2.05. The monoisotopic (exact) mass is 208 g/mol. The fourth-order valence-electron chi connectivity index (χ4n) is 1.19. The predicted octanol–water partition coefficient (Wildman–Crippen LogP) is 1.33. The number of aromatic nitrogens is 2. The molecule has 5 heteroatoms. The zero-order valence-electron chi connectivity index (χ0n) is 9.03. The maximum atomic E-state index is 7.15. The molecule has 0 fully saturated rings. The lowest BCUT2D eigenvalue weighted by Crippen LogP contribution is -2.15. The van der Waals surface area contributed by atoms with E-state index in [1.807, 2.05) is 6.92 Å². The summed E-state index contributed by atoms with van der Waals surface area (Å²) in [6.45, 7) is 4.09. The Balaban J connectivity index is 2.60. The van der Waals surface area contributed by atoms with Gasteiger partial charge >= 0.3 is 0 Å². The lowest BCUT2D eigenvalue weighted by Gasteiger charge is -2.12. The molecule has 0 radical (unpaired) electrons. The number of hydrogen-bond donors (Lipinski definition) is 2. The van der Waals surface area contributed by atoms with Gasteiger partial charge in [-0.05, 0) is 13.3 Å². The Labute approximate surface area is 89.2 Å². The van der Waals surface area contributed by atoms with E-state index in [4.69, 9.17) is 15.9 Å². The van der Waals surface area contributed by atoms with Crippen molar-refractivity contribution in [2.24, 2.45) is 5.73 Å². The van der Waals surface area contributed by atoms with Crippen molar-refractivity contribution in [1.29, 1.82) is 5.41 Å². The van der Waals surface area contributed by atoms with Gasteiger partial charge in [0, 0.05) is 0 Å². The van der Waals surface area contributed by atoms with Crippen LogP contribution in [0.25, 0.3) is 0 Å². The summed E-state index contributed by atoms with van der Waals surface area (Å²) in [5.74, 6) is 0.386. The molecule has 0 saturated heterocycles. The van der Waals surface area contributed by atoms with Crippen molar-refractivity contribution in [3.05, 3.63) is 18.1 Å². The topological polar surface area (TPSA) is 84.9 Å². The molecule has 1 atom stereocenters. The van der Waals surface area contributed by atoms with Gasteiger partial charge in [0.15, 0.2) is 0 Å². The minimum atomic E-state index is -0.0874. The van der Waals surface area contributed by atoms with Crippen LogP contribution in [0.2, 0.25) is 0 Å². The molecule has 82 valence electrons. The Bertz CT molecular complexity index is 323. The van der Waals surface area contributed by atoms with Crippen LogP contribution in [0.4, 0.5) is 0 Å². The van der Waals surface area contributed by atoms with Gasteiger partial charge in [0.05, 0.1) is 18.5 Å². The molecule has 1 unspecified atom stereocenters. The van der Waals surface area contributed by atoms with Gasteiger partial charge in [-0.2, -0.15) is 0 Å². The van der Waals surface area contributed by atoms with Gasteiger partial charge in [0.25, 0.3) is 0 Å². The molecule has 0 spiro atoms. The van der Waals surface area contributed by atoms with E-state index in [1.54, 1.807) is 0 Å². The third-order valence-electron chi connectivity index (χ3n) is 1.92. The summed E-state index contributed by atoms with van der Waals surface area (Å²) in [5.41, 5.74) is 5.62. The molecule has 1 aromatic rings. The number of nitrogens with two attached hydrogens (primary N) is 1. The fourth-order valence-corrected chi connectivity index (χ4v) is 1.19. The van der Waals surface area contributed by atoms with E-state index < -0.39 is 0 Å². The largest absolute Gasteiger partial charge is 0.474 e. The summed E-state index contributed by atoms with van der Waals surface area (Å²) >= 11 is 0. The van der Waals surface area contributed by atoms with Crippen molar-refractivity contribution < 1.29 is 4.74 Å². The van der Waals surface area contributed by atoms with Crippen LogP contribution in [-0.2, 0) is 0 Å². The van der Waals surface area contributed by atoms with E-state index in [-0.39, 0.29) is 11.9 Å². The number of nitrogens with zero attached hydrogens (tertiary/aromatic N) is 2. The first-order chi connectivity index (χ1) is 7.13. The van der Waals surface area contributed by atoms with E-state index in [2.05, 4.69) is 16.9 Å². The Hall–Kier alpha value is -1.65. The van der Waals surface area contributed by atoms with Gasteiger partial charge in [-0.1, -0.05) is 13.3 Å². The maximum absolute atomic E-state index is 7.15. The van der Waals surface area contributed by atoms with Crippen LogP contribution in [0, 0.1) is 5.41 Å². The molecular formula is C10H16N4O. The van der Waals surface area contributed by atoms with E-state index in [0.717, 1.165) is 12.8 Å². The molecule has 0 bridgehead atoms. The molecule has 3 N–H and O–H groups in total. The molecule has 0 aromatic carbocycles. The van der Waals surface area contributed by atoms with Crippen LogP contribution < -0.4 is 10.5 Å². The zero-order valence-corrected chi connectivity index (χ0v) is 9.03. The SMILES string of the molecule is CCCC(C)Oc1cnc(C(=N)N)cn1. The Morgan fingerprint density at radius 2 is 2.27 bits per heavy atom. The predicted molar refractivity (Wildman–Crippen MR) is 58.0 cm³/mol. The van der Waals surface area contributed by atoms with Crippen molar-refractivity contribution in [3.63, 3.8) is 0 Å². The molecule has 1 rings (SSSR count). The number of ether oxygens (including phenoxy) is 1. The van der Waals surface area contributed by atoms with Crippen molar-refractivity contribution in [2.45, 2.75) is 32.8 Å². The molecule has 1 heterocycles. The van der Waals surface area contributed by atoms with Gasteiger partial charge in [-0.3, -0.25) is 5.41 Å². The average Bonchev–Trinajstić information content (AvgIpc) is 2.18.